The predicted molar refractivity (Wildman–Crippen MR) is 90.7 cm³/mol. The number of nitrogens with zero attached hydrogens (tertiary/aromatic N) is 2. The predicted octanol–water partition coefficient (Wildman–Crippen LogP) is 4.07. The number of furan rings is 1. The molecule has 0 unspecified atom stereocenters. The van der Waals surface area contributed by atoms with Gasteiger partial charge in [-0.05, 0) is 43.3 Å². The summed E-state index contributed by atoms with van der Waals surface area (Å²) in [6.07, 6.45) is 4.59. The van der Waals surface area contributed by atoms with Crippen LogP contribution in [-0.4, -0.2) is 15.6 Å². The molecule has 3 rings (SSSR count). The number of aryl methyl sites for hydroxylation is 2. The van der Waals surface area contributed by atoms with Crippen LogP contribution in [0.1, 0.15) is 27.6 Å². The number of rotatable bonds is 6. The molecule has 26 heavy (non-hydrogen) atoms. The summed E-state index contributed by atoms with van der Waals surface area (Å²) in [5.74, 6) is -0.806. The van der Waals surface area contributed by atoms with E-state index in [1.807, 2.05) is 0 Å². The van der Waals surface area contributed by atoms with Crippen molar-refractivity contribution in [2.45, 2.75) is 13.5 Å². The minimum absolute atomic E-state index is 0.0218. The molecule has 0 amide bonds. The van der Waals surface area contributed by atoms with E-state index in [1.165, 1.54) is 18.2 Å². The van der Waals surface area contributed by atoms with Gasteiger partial charge in [0.1, 0.15) is 23.9 Å². The molecule has 2 heterocycles. The van der Waals surface area contributed by atoms with E-state index in [0.717, 1.165) is 12.1 Å². The van der Waals surface area contributed by atoms with Gasteiger partial charge < -0.3 is 9.15 Å². The SMILES string of the molecule is Cc1nn(C)cc1C(=O)/C=C\c1ccc(COc2ccc(F)cc2F)o1. The van der Waals surface area contributed by atoms with E-state index >= 15 is 0 Å². The molecule has 0 fully saturated rings. The van der Waals surface area contributed by atoms with Crippen LogP contribution in [0.25, 0.3) is 6.08 Å². The molecule has 0 atom stereocenters. The maximum atomic E-state index is 13.5. The summed E-state index contributed by atoms with van der Waals surface area (Å²) in [5, 5.41) is 4.12. The third-order valence-electron chi connectivity index (χ3n) is 3.62. The van der Waals surface area contributed by atoms with Crippen molar-refractivity contribution >= 4 is 11.9 Å². The van der Waals surface area contributed by atoms with Crippen LogP contribution in [-0.2, 0) is 13.7 Å². The van der Waals surface area contributed by atoms with E-state index < -0.39 is 11.6 Å². The monoisotopic (exact) mass is 358 g/mol. The number of benzene rings is 1. The van der Waals surface area contributed by atoms with Gasteiger partial charge in [0.25, 0.3) is 0 Å². The van der Waals surface area contributed by atoms with Crippen molar-refractivity contribution in [3.05, 3.63) is 77.0 Å². The number of carbonyl (C=O) groups is 1. The molecule has 134 valence electrons. The fraction of sp³-hybridized carbons (Fsp3) is 0.158. The van der Waals surface area contributed by atoms with Crippen molar-refractivity contribution in [1.82, 2.24) is 9.78 Å². The Labute approximate surface area is 148 Å². The van der Waals surface area contributed by atoms with Gasteiger partial charge in [0, 0.05) is 19.3 Å². The molecule has 0 N–H and O–H groups in total. The summed E-state index contributed by atoms with van der Waals surface area (Å²) in [4.78, 5) is 12.2. The first-order valence-electron chi connectivity index (χ1n) is 7.81. The van der Waals surface area contributed by atoms with Crippen molar-refractivity contribution in [2.24, 2.45) is 7.05 Å². The highest BCUT2D eigenvalue weighted by Gasteiger charge is 2.10. The maximum Gasteiger partial charge on any atom is 0.189 e. The molecule has 1 aromatic carbocycles. The third-order valence-corrected chi connectivity index (χ3v) is 3.62. The van der Waals surface area contributed by atoms with E-state index in [2.05, 4.69) is 5.10 Å². The highest BCUT2D eigenvalue weighted by atomic mass is 19.1. The molecular weight excluding hydrogens is 342 g/mol. The molecule has 5 nitrogen and oxygen atoms in total. The van der Waals surface area contributed by atoms with Crippen LogP contribution >= 0.6 is 0 Å². The summed E-state index contributed by atoms with van der Waals surface area (Å²) in [7, 11) is 1.75. The lowest BCUT2D eigenvalue weighted by Crippen LogP contribution is -1.96. The van der Waals surface area contributed by atoms with Crippen LogP contribution in [0.5, 0.6) is 5.75 Å². The van der Waals surface area contributed by atoms with Crippen LogP contribution < -0.4 is 4.74 Å². The summed E-state index contributed by atoms with van der Waals surface area (Å²) in [5.41, 5.74) is 1.17. The molecule has 7 heteroatoms. The molecule has 0 saturated heterocycles. The Morgan fingerprint density at radius 1 is 1.31 bits per heavy atom. The Bertz CT molecular complexity index is 973. The van der Waals surface area contributed by atoms with Gasteiger partial charge in [-0.15, -0.1) is 0 Å². The minimum atomic E-state index is -0.783. The highest BCUT2D eigenvalue weighted by molar-refractivity contribution is 6.07. The first-order valence-corrected chi connectivity index (χ1v) is 7.81. The molecule has 0 bridgehead atoms. The van der Waals surface area contributed by atoms with Crippen LogP contribution in [0.2, 0.25) is 0 Å². The smallest absolute Gasteiger partial charge is 0.189 e. The van der Waals surface area contributed by atoms with Crippen molar-refractivity contribution in [2.75, 3.05) is 0 Å². The zero-order valence-electron chi connectivity index (χ0n) is 14.2. The first-order chi connectivity index (χ1) is 12.4. The number of ether oxygens (including phenoxy) is 1. The average Bonchev–Trinajstić information content (AvgIpc) is 3.18. The Balaban J connectivity index is 1.62. The van der Waals surface area contributed by atoms with E-state index in [-0.39, 0.29) is 18.1 Å². The second-order valence-corrected chi connectivity index (χ2v) is 5.67. The molecule has 0 radical (unpaired) electrons. The fourth-order valence-electron chi connectivity index (χ4n) is 2.39. The molecule has 2 aromatic heterocycles. The normalized spacial score (nSPS) is 11.2. The van der Waals surface area contributed by atoms with Crippen molar-refractivity contribution in [3.63, 3.8) is 0 Å². The quantitative estimate of drug-likeness (QED) is 0.492. The molecule has 0 aliphatic rings. The van der Waals surface area contributed by atoms with E-state index in [4.69, 9.17) is 9.15 Å². The lowest BCUT2D eigenvalue weighted by molar-refractivity contribution is 0.104. The zero-order chi connectivity index (χ0) is 18.7. The molecule has 0 aliphatic carbocycles. The maximum absolute atomic E-state index is 13.5. The molecular formula is C19H16F2N2O3. The van der Waals surface area contributed by atoms with Gasteiger partial charge in [-0.2, -0.15) is 5.10 Å². The van der Waals surface area contributed by atoms with Gasteiger partial charge in [0.2, 0.25) is 0 Å². The second kappa shape index (κ2) is 7.35. The van der Waals surface area contributed by atoms with E-state index in [1.54, 1.807) is 37.0 Å². The Morgan fingerprint density at radius 3 is 2.81 bits per heavy atom. The number of hydrogen-bond acceptors (Lipinski definition) is 4. The fourth-order valence-corrected chi connectivity index (χ4v) is 2.39. The number of aromatic nitrogens is 2. The van der Waals surface area contributed by atoms with Crippen molar-refractivity contribution in [3.8, 4) is 5.75 Å². The third kappa shape index (κ3) is 4.05. The number of hydrogen-bond donors (Lipinski definition) is 0. The molecule has 0 aliphatic heterocycles. The van der Waals surface area contributed by atoms with Crippen LogP contribution in [0.4, 0.5) is 8.78 Å². The zero-order valence-corrected chi connectivity index (χ0v) is 14.2. The van der Waals surface area contributed by atoms with Gasteiger partial charge in [-0.3, -0.25) is 9.48 Å². The van der Waals surface area contributed by atoms with Gasteiger partial charge in [-0.1, -0.05) is 0 Å². The van der Waals surface area contributed by atoms with Crippen LogP contribution in [0.15, 0.2) is 47.0 Å². The topological polar surface area (TPSA) is 57.3 Å². The second-order valence-electron chi connectivity index (χ2n) is 5.67. The number of halogens is 2. The Morgan fingerprint density at radius 2 is 2.12 bits per heavy atom. The minimum Gasteiger partial charge on any atom is -0.483 e. The lowest BCUT2D eigenvalue weighted by atomic mass is 10.1. The number of allylic oxidation sites excluding steroid dienone is 1. The standard InChI is InChI=1S/C19H16F2N2O3/c1-12-16(10-23(2)22-12)18(24)7-6-14-4-5-15(26-14)11-25-19-8-3-13(20)9-17(19)21/h3-10H,11H2,1-2H3/b7-6-. The van der Waals surface area contributed by atoms with Crippen molar-refractivity contribution in [1.29, 1.82) is 0 Å². The van der Waals surface area contributed by atoms with Gasteiger partial charge in [0.05, 0.1) is 11.3 Å². The summed E-state index contributed by atoms with van der Waals surface area (Å²) in [6, 6.07) is 6.39. The van der Waals surface area contributed by atoms with E-state index in [0.29, 0.717) is 22.8 Å². The van der Waals surface area contributed by atoms with Gasteiger partial charge in [0.15, 0.2) is 17.3 Å². The van der Waals surface area contributed by atoms with Crippen molar-refractivity contribution < 1.29 is 22.7 Å². The average molecular weight is 358 g/mol. The largest absolute Gasteiger partial charge is 0.483 e. The summed E-state index contributed by atoms with van der Waals surface area (Å²) < 4.78 is 38.7. The number of carbonyl (C=O) groups excluding carboxylic acids is 1. The Hall–Kier alpha value is -3.22. The first kappa shape index (κ1) is 17.6. The van der Waals surface area contributed by atoms with Gasteiger partial charge >= 0.3 is 0 Å². The van der Waals surface area contributed by atoms with Crippen LogP contribution in [0, 0.1) is 18.6 Å². The highest BCUT2D eigenvalue weighted by Crippen LogP contribution is 2.20. The molecule has 0 spiro atoms. The summed E-state index contributed by atoms with van der Waals surface area (Å²) >= 11 is 0. The number of ketones is 1. The van der Waals surface area contributed by atoms with E-state index in [9.17, 15) is 13.6 Å². The van der Waals surface area contributed by atoms with Crippen LogP contribution in [0.3, 0.4) is 0 Å². The van der Waals surface area contributed by atoms with Gasteiger partial charge in [-0.25, -0.2) is 8.78 Å². The Kier molecular flexibility index (Phi) is 4.97. The molecule has 0 saturated carbocycles. The molecule has 3 aromatic rings. The lowest BCUT2D eigenvalue weighted by Gasteiger charge is -2.05. The summed E-state index contributed by atoms with van der Waals surface area (Å²) in [6.45, 7) is 1.74.